The summed E-state index contributed by atoms with van der Waals surface area (Å²) < 4.78 is 2.72. The Morgan fingerprint density at radius 1 is 0.583 bits per heavy atom. The molecule has 0 aliphatic rings. The van der Waals surface area contributed by atoms with Crippen LogP contribution >= 0.6 is 22.7 Å². The third kappa shape index (κ3) is 5.09. The Kier molecular flexibility index (Phi) is 6.95. The SMILES string of the molecule is CC=Cc1cc2sc(C=Cc3ccc(N(c4ccc(C)cc4)c4cc(C)c(C)c(C)c4)cc3)cc2s1. The fourth-order valence-corrected chi connectivity index (χ4v) is 6.69. The zero-order valence-corrected chi connectivity index (χ0v) is 23.1. The number of aryl methyl sites for hydroxylation is 3. The maximum absolute atomic E-state index is 2.35. The molecule has 0 aliphatic heterocycles. The van der Waals surface area contributed by atoms with E-state index in [9.17, 15) is 0 Å². The Balaban J connectivity index is 1.44. The smallest absolute Gasteiger partial charge is 0.0467 e. The lowest BCUT2D eigenvalue weighted by atomic mass is 10.0. The minimum atomic E-state index is 1.16. The molecule has 180 valence electrons. The van der Waals surface area contributed by atoms with Gasteiger partial charge in [-0.3, -0.25) is 0 Å². The number of nitrogens with zero attached hydrogens (tertiary/aromatic N) is 1. The van der Waals surface area contributed by atoms with Gasteiger partial charge < -0.3 is 4.90 Å². The van der Waals surface area contributed by atoms with Crippen LogP contribution < -0.4 is 4.90 Å². The van der Waals surface area contributed by atoms with Gasteiger partial charge in [-0.15, -0.1) is 22.7 Å². The van der Waals surface area contributed by atoms with Gasteiger partial charge in [0.1, 0.15) is 0 Å². The largest absolute Gasteiger partial charge is 0.310 e. The maximum atomic E-state index is 2.35. The van der Waals surface area contributed by atoms with E-state index in [-0.39, 0.29) is 0 Å². The second-order valence-electron chi connectivity index (χ2n) is 9.33. The van der Waals surface area contributed by atoms with Gasteiger partial charge in [-0.2, -0.15) is 0 Å². The Labute approximate surface area is 222 Å². The molecule has 0 radical (unpaired) electrons. The number of hydrogen-bond donors (Lipinski definition) is 0. The average Bonchev–Trinajstić information content (AvgIpc) is 3.42. The van der Waals surface area contributed by atoms with E-state index in [4.69, 9.17) is 0 Å². The highest BCUT2D eigenvalue weighted by Gasteiger charge is 2.14. The van der Waals surface area contributed by atoms with E-state index in [1.165, 1.54) is 58.3 Å². The fourth-order valence-electron chi connectivity index (χ4n) is 4.40. The second-order valence-corrected chi connectivity index (χ2v) is 11.6. The summed E-state index contributed by atoms with van der Waals surface area (Å²) in [6.07, 6.45) is 8.71. The molecule has 2 heterocycles. The van der Waals surface area contributed by atoms with Crippen molar-refractivity contribution < 1.29 is 0 Å². The molecule has 2 aromatic heterocycles. The molecular formula is C33H31NS2. The average molecular weight is 506 g/mol. The molecule has 0 aliphatic carbocycles. The molecule has 1 nitrogen and oxygen atoms in total. The number of benzene rings is 3. The number of thiophene rings is 2. The van der Waals surface area contributed by atoms with Crippen molar-refractivity contribution in [3.05, 3.63) is 116 Å². The van der Waals surface area contributed by atoms with Crippen molar-refractivity contribution in [1.82, 2.24) is 0 Å². The third-order valence-electron chi connectivity index (χ3n) is 6.63. The van der Waals surface area contributed by atoms with Gasteiger partial charge in [-0.25, -0.2) is 0 Å². The summed E-state index contributed by atoms with van der Waals surface area (Å²) in [5, 5.41) is 0. The highest BCUT2D eigenvalue weighted by molar-refractivity contribution is 7.28. The zero-order valence-electron chi connectivity index (χ0n) is 21.5. The van der Waals surface area contributed by atoms with Crippen LogP contribution in [0.2, 0.25) is 0 Å². The summed E-state index contributed by atoms with van der Waals surface area (Å²) >= 11 is 3.71. The first-order valence-electron chi connectivity index (χ1n) is 12.3. The van der Waals surface area contributed by atoms with E-state index < -0.39 is 0 Å². The first-order valence-corrected chi connectivity index (χ1v) is 13.9. The van der Waals surface area contributed by atoms with Crippen molar-refractivity contribution >= 4 is 67.4 Å². The summed E-state index contributed by atoms with van der Waals surface area (Å²) in [7, 11) is 0. The fraction of sp³-hybridized carbons (Fsp3) is 0.152. The molecule has 3 aromatic carbocycles. The lowest BCUT2D eigenvalue weighted by molar-refractivity contribution is 1.21. The quantitative estimate of drug-likeness (QED) is 0.222. The predicted octanol–water partition coefficient (Wildman–Crippen LogP) is 10.9. The van der Waals surface area contributed by atoms with Gasteiger partial charge in [0, 0.05) is 36.2 Å². The summed E-state index contributed by atoms with van der Waals surface area (Å²) in [5.41, 5.74) is 9.97. The minimum absolute atomic E-state index is 1.16. The number of allylic oxidation sites excluding steroid dienone is 1. The summed E-state index contributed by atoms with van der Waals surface area (Å²) in [5.74, 6) is 0. The normalized spacial score (nSPS) is 11.8. The van der Waals surface area contributed by atoms with Crippen molar-refractivity contribution in [1.29, 1.82) is 0 Å². The Bertz CT molecular complexity index is 1510. The van der Waals surface area contributed by atoms with Crippen molar-refractivity contribution in [2.45, 2.75) is 34.6 Å². The lowest BCUT2D eigenvalue weighted by Gasteiger charge is -2.27. The minimum Gasteiger partial charge on any atom is -0.310 e. The highest BCUT2D eigenvalue weighted by atomic mass is 32.1. The van der Waals surface area contributed by atoms with Gasteiger partial charge in [0.15, 0.2) is 0 Å². The first-order chi connectivity index (χ1) is 17.4. The van der Waals surface area contributed by atoms with Crippen LogP contribution in [0.25, 0.3) is 27.6 Å². The maximum Gasteiger partial charge on any atom is 0.0467 e. The molecule has 36 heavy (non-hydrogen) atoms. The second kappa shape index (κ2) is 10.3. The van der Waals surface area contributed by atoms with Crippen LogP contribution in [0, 0.1) is 27.7 Å². The Morgan fingerprint density at radius 2 is 1.11 bits per heavy atom. The molecular weight excluding hydrogens is 475 g/mol. The van der Waals surface area contributed by atoms with Crippen molar-refractivity contribution in [3.63, 3.8) is 0 Å². The zero-order chi connectivity index (χ0) is 25.2. The van der Waals surface area contributed by atoms with E-state index in [1.54, 1.807) is 0 Å². The van der Waals surface area contributed by atoms with Crippen LogP contribution in [0.5, 0.6) is 0 Å². The summed E-state index contributed by atoms with van der Waals surface area (Å²) in [6.45, 7) is 10.8. The molecule has 0 unspecified atom stereocenters. The number of anilines is 3. The number of hydrogen-bond acceptors (Lipinski definition) is 3. The van der Waals surface area contributed by atoms with Gasteiger partial charge >= 0.3 is 0 Å². The van der Waals surface area contributed by atoms with E-state index in [2.05, 4.69) is 137 Å². The molecule has 0 saturated carbocycles. The van der Waals surface area contributed by atoms with E-state index >= 15 is 0 Å². The third-order valence-corrected chi connectivity index (χ3v) is 8.85. The molecule has 3 heteroatoms. The van der Waals surface area contributed by atoms with Gasteiger partial charge in [-0.1, -0.05) is 42.0 Å². The van der Waals surface area contributed by atoms with E-state index in [0.29, 0.717) is 0 Å². The standard InChI is InChI=1S/C33H31NS2/c1-6-7-30-20-32-33(35-30)21-31(36-32)17-12-26-10-15-28(16-11-26)34(27-13-8-22(2)9-14-27)29-18-23(3)25(5)24(4)19-29/h6-21H,1-5H3. The molecule has 0 N–H and O–H groups in total. The molecule has 0 amide bonds. The van der Waals surface area contributed by atoms with Crippen LogP contribution in [0.1, 0.15) is 44.5 Å². The number of fused-ring (bicyclic) bond motifs is 1. The van der Waals surface area contributed by atoms with Crippen molar-refractivity contribution in [2.24, 2.45) is 0 Å². The summed E-state index contributed by atoms with van der Waals surface area (Å²) in [4.78, 5) is 4.96. The van der Waals surface area contributed by atoms with Gasteiger partial charge in [0.25, 0.3) is 0 Å². The Morgan fingerprint density at radius 3 is 1.67 bits per heavy atom. The topological polar surface area (TPSA) is 3.24 Å². The van der Waals surface area contributed by atoms with Gasteiger partial charge in [-0.05, 0) is 118 Å². The molecule has 5 rings (SSSR count). The molecule has 0 saturated heterocycles. The highest BCUT2D eigenvalue weighted by Crippen LogP contribution is 2.37. The van der Waals surface area contributed by atoms with E-state index in [0.717, 1.165) is 5.69 Å². The molecule has 0 fully saturated rings. The van der Waals surface area contributed by atoms with Crippen molar-refractivity contribution in [3.8, 4) is 0 Å². The first kappa shape index (κ1) is 24.3. The predicted molar refractivity (Wildman–Crippen MR) is 163 cm³/mol. The molecule has 0 bridgehead atoms. The Hall–Kier alpha value is -3.40. The molecule has 0 spiro atoms. The van der Waals surface area contributed by atoms with Gasteiger partial charge in [0.2, 0.25) is 0 Å². The monoisotopic (exact) mass is 505 g/mol. The van der Waals surface area contributed by atoms with Crippen LogP contribution in [-0.2, 0) is 0 Å². The van der Waals surface area contributed by atoms with Crippen LogP contribution in [-0.4, -0.2) is 0 Å². The van der Waals surface area contributed by atoms with Gasteiger partial charge in [0.05, 0.1) is 0 Å². The molecule has 5 aromatic rings. The van der Waals surface area contributed by atoms with Crippen LogP contribution in [0.3, 0.4) is 0 Å². The molecule has 0 atom stereocenters. The number of rotatable bonds is 6. The van der Waals surface area contributed by atoms with E-state index in [1.807, 2.05) is 22.7 Å². The summed E-state index contributed by atoms with van der Waals surface area (Å²) in [6, 6.07) is 26.8. The van der Waals surface area contributed by atoms with Crippen LogP contribution in [0.4, 0.5) is 17.1 Å². The van der Waals surface area contributed by atoms with Crippen LogP contribution in [0.15, 0.2) is 78.9 Å². The lowest BCUT2D eigenvalue weighted by Crippen LogP contribution is -2.11. The van der Waals surface area contributed by atoms with Crippen molar-refractivity contribution in [2.75, 3.05) is 4.90 Å².